The third-order valence-corrected chi connectivity index (χ3v) is 3.66. The second kappa shape index (κ2) is 7.23. The van der Waals surface area contributed by atoms with E-state index >= 15 is 0 Å². The SMILES string of the molecule is CCc1nnsc1C(=O)O[C@H](C)C(=O)Nc1ccc(F)c(F)c1. The summed E-state index contributed by atoms with van der Waals surface area (Å²) in [6.07, 6.45) is -0.612. The van der Waals surface area contributed by atoms with Crippen molar-refractivity contribution in [1.29, 1.82) is 0 Å². The molecule has 1 atom stereocenters. The number of carbonyl (C=O) groups is 2. The molecule has 1 aromatic carbocycles. The van der Waals surface area contributed by atoms with Gasteiger partial charge in [0.15, 0.2) is 22.6 Å². The van der Waals surface area contributed by atoms with Gasteiger partial charge in [-0.1, -0.05) is 11.4 Å². The molecule has 0 aliphatic heterocycles. The van der Waals surface area contributed by atoms with Crippen LogP contribution in [0.2, 0.25) is 0 Å². The molecule has 9 heteroatoms. The molecule has 0 aliphatic rings. The Bertz CT molecular complexity index is 736. The van der Waals surface area contributed by atoms with Gasteiger partial charge in [-0.2, -0.15) is 0 Å². The van der Waals surface area contributed by atoms with Gasteiger partial charge in [-0.15, -0.1) is 5.10 Å². The minimum atomic E-state index is -1.12. The molecule has 1 amide bonds. The standard InChI is InChI=1S/C14H13F2N3O3S/c1-3-11-12(23-19-18-11)14(21)22-7(2)13(20)17-8-4-5-9(15)10(16)6-8/h4-7H,3H2,1-2H3,(H,17,20)/t7-/m1/s1. The molecule has 0 saturated carbocycles. The van der Waals surface area contributed by atoms with Crippen molar-refractivity contribution in [3.63, 3.8) is 0 Å². The largest absolute Gasteiger partial charge is 0.448 e. The number of hydrogen-bond acceptors (Lipinski definition) is 6. The van der Waals surface area contributed by atoms with Crippen LogP contribution < -0.4 is 5.32 Å². The van der Waals surface area contributed by atoms with Gasteiger partial charge in [-0.3, -0.25) is 4.79 Å². The fourth-order valence-corrected chi connectivity index (χ4v) is 2.31. The van der Waals surface area contributed by atoms with Crippen molar-refractivity contribution >= 4 is 29.1 Å². The Morgan fingerprint density at radius 2 is 2.09 bits per heavy atom. The van der Waals surface area contributed by atoms with Crippen LogP contribution in [0, 0.1) is 11.6 Å². The normalized spacial score (nSPS) is 11.8. The Morgan fingerprint density at radius 3 is 2.74 bits per heavy atom. The van der Waals surface area contributed by atoms with E-state index in [2.05, 4.69) is 14.9 Å². The van der Waals surface area contributed by atoms with Crippen molar-refractivity contribution in [1.82, 2.24) is 9.59 Å². The molecule has 0 radical (unpaired) electrons. The van der Waals surface area contributed by atoms with Crippen LogP contribution in [0.4, 0.5) is 14.5 Å². The minimum Gasteiger partial charge on any atom is -0.448 e. The highest BCUT2D eigenvalue weighted by Crippen LogP contribution is 2.16. The number of aromatic nitrogens is 2. The molecule has 2 aromatic rings. The first kappa shape index (κ1) is 16.9. The number of rotatable bonds is 5. The first-order valence-electron chi connectivity index (χ1n) is 6.70. The second-order valence-corrected chi connectivity index (χ2v) is 5.32. The van der Waals surface area contributed by atoms with Gasteiger partial charge in [0.25, 0.3) is 5.91 Å². The number of benzene rings is 1. The summed E-state index contributed by atoms with van der Waals surface area (Å²) in [6, 6.07) is 2.93. The summed E-state index contributed by atoms with van der Waals surface area (Å²) in [5.74, 6) is -3.48. The van der Waals surface area contributed by atoms with Crippen molar-refractivity contribution in [2.45, 2.75) is 26.4 Å². The number of anilines is 1. The highest BCUT2D eigenvalue weighted by molar-refractivity contribution is 7.07. The van der Waals surface area contributed by atoms with Crippen molar-refractivity contribution in [3.05, 3.63) is 40.4 Å². The molecule has 6 nitrogen and oxygen atoms in total. The predicted octanol–water partition coefficient (Wildman–Crippen LogP) is 2.56. The lowest BCUT2D eigenvalue weighted by Gasteiger charge is -2.13. The quantitative estimate of drug-likeness (QED) is 0.845. The molecule has 0 fully saturated rings. The van der Waals surface area contributed by atoms with Gasteiger partial charge in [-0.05, 0) is 37.0 Å². The van der Waals surface area contributed by atoms with Crippen LogP contribution >= 0.6 is 11.5 Å². The molecule has 122 valence electrons. The topological polar surface area (TPSA) is 81.2 Å². The molecule has 2 rings (SSSR count). The highest BCUT2D eigenvalue weighted by atomic mass is 32.1. The Balaban J connectivity index is 1.99. The average molecular weight is 341 g/mol. The molecule has 23 heavy (non-hydrogen) atoms. The summed E-state index contributed by atoms with van der Waals surface area (Å²) in [5, 5.41) is 6.12. The third kappa shape index (κ3) is 4.07. The van der Waals surface area contributed by atoms with Crippen LogP contribution in [-0.2, 0) is 16.0 Å². The van der Waals surface area contributed by atoms with Gasteiger partial charge >= 0.3 is 5.97 Å². The number of amides is 1. The molecular formula is C14H13F2N3O3S. The molecule has 0 saturated heterocycles. The second-order valence-electron chi connectivity index (χ2n) is 4.57. The van der Waals surface area contributed by atoms with E-state index < -0.39 is 29.6 Å². The van der Waals surface area contributed by atoms with E-state index in [0.717, 1.165) is 23.7 Å². The van der Waals surface area contributed by atoms with Crippen LogP contribution in [-0.4, -0.2) is 27.6 Å². The molecule has 1 heterocycles. The smallest absolute Gasteiger partial charge is 0.352 e. The van der Waals surface area contributed by atoms with Gasteiger partial charge in [0, 0.05) is 11.8 Å². The minimum absolute atomic E-state index is 0.0607. The number of nitrogens with zero attached hydrogens (tertiary/aromatic N) is 2. The van der Waals surface area contributed by atoms with Crippen LogP contribution in [0.3, 0.4) is 0 Å². The summed E-state index contributed by atoms with van der Waals surface area (Å²) in [7, 11) is 0. The number of halogens is 2. The molecular weight excluding hydrogens is 328 g/mol. The highest BCUT2D eigenvalue weighted by Gasteiger charge is 2.23. The van der Waals surface area contributed by atoms with Gasteiger partial charge in [0.2, 0.25) is 0 Å². The van der Waals surface area contributed by atoms with Gasteiger partial charge in [-0.25, -0.2) is 13.6 Å². The van der Waals surface area contributed by atoms with E-state index in [0.29, 0.717) is 12.1 Å². The number of hydrogen-bond donors (Lipinski definition) is 1. The fraction of sp³-hybridized carbons (Fsp3) is 0.286. The van der Waals surface area contributed by atoms with Gasteiger partial charge < -0.3 is 10.1 Å². The van der Waals surface area contributed by atoms with E-state index in [1.807, 2.05) is 6.92 Å². The van der Waals surface area contributed by atoms with Crippen molar-refractivity contribution < 1.29 is 23.1 Å². The van der Waals surface area contributed by atoms with Crippen molar-refractivity contribution in [2.24, 2.45) is 0 Å². The lowest BCUT2D eigenvalue weighted by Crippen LogP contribution is -2.30. The van der Waals surface area contributed by atoms with Gasteiger partial charge in [0.1, 0.15) is 0 Å². The van der Waals surface area contributed by atoms with E-state index in [1.54, 1.807) is 0 Å². The zero-order valence-corrected chi connectivity index (χ0v) is 13.1. The summed E-state index contributed by atoms with van der Waals surface area (Å²) in [6.45, 7) is 3.18. The summed E-state index contributed by atoms with van der Waals surface area (Å²) < 4.78 is 34.6. The Morgan fingerprint density at radius 1 is 1.35 bits per heavy atom. The number of carbonyl (C=O) groups excluding carboxylic acids is 2. The lowest BCUT2D eigenvalue weighted by molar-refractivity contribution is -0.123. The van der Waals surface area contributed by atoms with E-state index in [9.17, 15) is 18.4 Å². The van der Waals surface area contributed by atoms with E-state index in [1.165, 1.54) is 13.0 Å². The maximum absolute atomic E-state index is 13.1. The number of esters is 1. The van der Waals surface area contributed by atoms with Gasteiger partial charge in [0.05, 0.1) is 5.69 Å². The first-order valence-corrected chi connectivity index (χ1v) is 7.47. The van der Waals surface area contributed by atoms with Crippen LogP contribution in [0.15, 0.2) is 18.2 Å². The Hall–Kier alpha value is -2.42. The Kier molecular flexibility index (Phi) is 5.32. The molecule has 0 aliphatic carbocycles. The van der Waals surface area contributed by atoms with E-state index in [-0.39, 0.29) is 10.6 Å². The maximum atomic E-state index is 13.1. The lowest BCUT2D eigenvalue weighted by atomic mass is 10.2. The van der Waals surface area contributed by atoms with E-state index in [4.69, 9.17) is 4.74 Å². The number of nitrogens with one attached hydrogen (secondary N) is 1. The molecule has 1 N–H and O–H groups in total. The van der Waals surface area contributed by atoms with Crippen LogP contribution in [0.25, 0.3) is 0 Å². The molecule has 0 unspecified atom stereocenters. The molecule has 0 spiro atoms. The summed E-state index contributed by atoms with van der Waals surface area (Å²) >= 11 is 0.885. The summed E-state index contributed by atoms with van der Waals surface area (Å²) in [4.78, 5) is 24.1. The Labute approximate surface area is 134 Å². The monoisotopic (exact) mass is 341 g/mol. The number of aryl methyl sites for hydroxylation is 1. The predicted molar refractivity (Wildman–Crippen MR) is 79.2 cm³/mol. The zero-order valence-electron chi connectivity index (χ0n) is 12.3. The van der Waals surface area contributed by atoms with Crippen molar-refractivity contribution in [2.75, 3.05) is 5.32 Å². The average Bonchev–Trinajstić information content (AvgIpc) is 2.99. The summed E-state index contributed by atoms with van der Waals surface area (Å²) in [5.41, 5.74) is 0.554. The first-order chi connectivity index (χ1) is 10.9. The zero-order chi connectivity index (χ0) is 17.0. The fourth-order valence-electron chi connectivity index (χ4n) is 1.68. The molecule has 0 bridgehead atoms. The molecule has 1 aromatic heterocycles. The third-order valence-electron chi connectivity index (χ3n) is 2.92. The van der Waals surface area contributed by atoms with Crippen LogP contribution in [0.5, 0.6) is 0 Å². The number of ether oxygens (including phenoxy) is 1. The van der Waals surface area contributed by atoms with Crippen molar-refractivity contribution in [3.8, 4) is 0 Å². The maximum Gasteiger partial charge on any atom is 0.352 e. The van der Waals surface area contributed by atoms with Crippen LogP contribution in [0.1, 0.15) is 29.2 Å².